The Balaban J connectivity index is 1.47. The van der Waals surface area contributed by atoms with E-state index in [-0.39, 0.29) is 30.4 Å². The summed E-state index contributed by atoms with van der Waals surface area (Å²) >= 11 is 0. The van der Waals surface area contributed by atoms with Crippen molar-refractivity contribution in [2.24, 2.45) is 0 Å². The minimum atomic E-state index is -3.88. The van der Waals surface area contributed by atoms with Crippen molar-refractivity contribution in [3.05, 3.63) is 59.9 Å². The van der Waals surface area contributed by atoms with Crippen molar-refractivity contribution in [1.29, 1.82) is 0 Å². The summed E-state index contributed by atoms with van der Waals surface area (Å²) in [7, 11) is -3.88. The monoisotopic (exact) mass is 436 g/mol. The fraction of sp³-hybridized carbons (Fsp3) is 0.381. The Morgan fingerprint density at radius 2 is 1.73 bits per heavy atom. The first kappa shape index (κ1) is 22.4. The topological polar surface area (TPSA) is 87.2 Å². The van der Waals surface area contributed by atoms with E-state index in [1.54, 1.807) is 24.3 Å². The second-order valence-electron chi connectivity index (χ2n) is 7.18. The van der Waals surface area contributed by atoms with E-state index in [1.165, 1.54) is 29.4 Å². The van der Waals surface area contributed by atoms with E-state index < -0.39 is 21.9 Å². The number of carbonyl (C=O) groups is 1. The van der Waals surface area contributed by atoms with E-state index in [9.17, 15) is 22.7 Å². The molecule has 0 spiro atoms. The third-order valence-corrected chi connectivity index (χ3v) is 6.89. The van der Waals surface area contributed by atoms with Crippen molar-refractivity contribution in [3.63, 3.8) is 0 Å². The number of halogens is 1. The lowest BCUT2D eigenvalue weighted by atomic mass is 10.1. The average Bonchev–Trinajstić information content (AvgIpc) is 2.73. The number of piperazine rings is 1. The van der Waals surface area contributed by atoms with Gasteiger partial charge in [0.2, 0.25) is 10.0 Å². The third-order valence-electron chi connectivity index (χ3n) is 4.96. The van der Waals surface area contributed by atoms with Crippen molar-refractivity contribution < 1.29 is 27.4 Å². The summed E-state index contributed by atoms with van der Waals surface area (Å²) in [6.45, 7) is 3.19. The van der Waals surface area contributed by atoms with Crippen molar-refractivity contribution in [1.82, 2.24) is 9.21 Å². The van der Waals surface area contributed by atoms with Crippen LogP contribution in [0.5, 0.6) is 5.75 Å². The van der Waals surface area contributed by atoms with Gasteiger partial charge in [-0.2, -0.15) is 4.31 Å². The first-order valence-electron chi connectivity index (χ1n) is 9.66. The Morgan fingerprint density at radius 3 is 2.33 bits per heavy atom. The Hall–Kier alpha value is -2.33. The maximum absolute atomic E-state index is 13.9. The fourth-order valence-corrected chi connectivity index (χ4v) is 4.76. The average molecular weight is 437 g/mol. The van der Waals surface area contributed by atoms with Crippen LogP contribution in [0, 0.1) is 5.82 Å². The number of hydrogen-bond donors (Lipinski definition) is 1. The van der Waals surface area contributed by atoms with E-state index in [1.807, 2.05) is 4.90 Å². The van der Waals surface area contributed by atoms with Gasteiger partial charge in [0, 0.05) is 38.3 Å². The molecular formula is C21H25FN2O5S. The van der Waals surface area contributed by atoms with Crippen LogP contribution in [0.25, 0.3) is 0 Å². The van der Waals surface area contributed by atoms with E-state index >= 15 is 0 Å². The van der Waals surface area contributed by atoms with Crippen LogP contribution in [0.4, 0.5) is 4.39 Å². The van der Waals surface area contributed by atoms with Crippen LogP contribution in [0.2, 0.25) is 0 Å². The summed E-state index contributed by atoms with van der Waals surface area (Å²) in [5, 5.41) is 10.2. The molecule has 0 radical (unpaired) electrons. The molecule has 0 aromatic heterocycles. The van der Waals surface area contributed by atoms with E-state index in [0.29, 0.717) is 30.9 Å². The zero-order chi connectivity index (χ0) is 21.7. The molecule has 1 fully saturated rings. The molecule has 1 atom stereocenters. The molecule has 0 amide bonds. The van der Waals surface area contributed by atoms with Gasteiger partial charge in [0.1, 0.15) is 29.2 Å². The van der Waals surface area contributed by atoms with Crippen molar-refractivity contribution in [2.75, 3.05) is 39.3 Å². The van der Waals surface area contributed by atoms with Crippen molar-refractivity contribution >= 4 is 15.8 Å². The normalized spacial score (nSPS) is 16.9. The molecule has 0 saturated carbocycles. The summed E-state index contributed by atoms with van der Waals surface area (Å²) < 4.78 is 46.0. The van der Waals surface area contributed by atoms with E-state index in [4.69, 9.17) is 4.74 Å². The number of aliphatic hydroxyl groups is 1. The predicted octanol–water partition coefficient (Wildman–Crippen LogP) is 1.77. The molecule has 1 unspecified atom stereocenters. The van der Waals surface area contributed by atoms with E-state index in [0.717, 1.165) is 6.07 Å². The lowest BCUT2D eigenvalue weighted by Crippen LogP contribution is -2.50. The molecule has 1 saturated heterocycles. The quantitative estimate of drug-likeness (QED) is 0.635. The lowest BCUT2D eigenvalue weighted by molar-refractivity contribution is 0.0568. The molecule has 1 heterocycles. The summed E-state index contributed by atoms with van der Waals surface area (Å²) in [6.07, 6.45) is -0.757. The van der Waals surface area contributed by atoms with Crippen LogP contribution in [0.1, 0.15) is 17.3 Å². The minimum absolute atomic E-state index is 0.0299. The second kappa shape index (κ2) is 9.65. The zero-order valence-corrected chi connectivity index (χ0v) is 17.5. The lowest BCUT2D eigenvalue weighted by Gasteiger charge is -2.34. The summed E-state index contributed by atoms with van der Waals surface area (Å²) in [4.78, 5) is 12.9. The highest BCUT2D eigenvalue weighted by Crippen LogP contribution is 2.20. The maximum Gasteiger partial charge on any atom is 0.246 e. The SMILES string of the molecule is CC(=O)c1ccc(OCC(O)CN2CCN(S(=O)(=O)c3ccccc3F)CC2)cc1. The molecule has 0 aliphatic carbocycles. The molecule has 2 aromatic rings. The number of rotatable bonds is 8. The van der Waals surface area contributed by atoms with Crippen LogP contribution in [0.3, 0.4) is 0 Å². The Morgan fingerprint density at radius 1 is 1.10 bits per heavy atom. The predicted molar refractivity (Wildman–Crippen MR) is 110 cm³/mol. The summed E-state index contributed by atoms with van der Waals surface area (Å²) in [5.74, 6) is -0.235. The Labute approximate surface area is 175 Å². The molecule has 30 heavy (non-hydrogen) atoms. The summed E-state index contributed by atoms with van der Waals surface area (Å²) in [5.41, 5.74) is 0.589. The molecule has 2 aromatic carbocycles. The van der Waals surface area contributed by atoms with Gasteiger partial charge < -0.3 is 9.84 Å². The van der Waals surface area contributed by atoms with Gasteiger partial charge in [-0.25, -0.2) is 12.8 Å². The maximum atomic E-state index is 13.9. The highest BCUT2D eigenvalue weighted by atomic mass is 32.2. The third kappa shape index (κ3) is 5.42. The van der Waals surface area contributed by atoms with Crippen molar-refractivity contribution in [2.45, 2.75) is 17.9 Å². The highest BCUT2D eigenvalue weighted by molar-refractivity contribution is 7.89. The zero-order valence-electron chi connectivity index (χ0n) is 16.7. The second-order valence-corrected chi connectivity index (χ2v) is 9.09. The van der Waals surface area contributed by atoms with Crippen LogP contribution in [-0.2, 0) is 10.0 Å². The van der Waals surface area contributed by atoms with Gasteiger partial charge in [-0.1, -0.05) is 12.1 Å². The van der Waals surface area contributed by atoms with Gasteiger partial charge in [-0.15, -0.1) is 0 Å². The van der Waals surface area contributed by atoms with Gasteiger partial charge in [-0.3, -0.25) is 9.69 Å². The van der Waals surface area contributed by atoms with Crippen molar-refractivity contribution in [3.8, 4) is 5.75 Å². The van der Waals surface area contributed by atoms with Gasteiger partial charge >= 0.3 is 0 Å². The van der Waals surface area contributed by atoms with Gasteiger partial charge in [0.05, 0.1) is 0 Å². The molecule has 1 aliphatic heterocycles. The number of aliphatic hydroxyl groups excluding tert-OH is 1. The van der Waals surface area contributed by atoms with Gasteiger partial charge in [-0.05, 0) is 43.3 Å². The highest BCUT2D eigenvalue weighted by Gasteiger charge is 2.30. The molecule has 3 rings (SSSR count). The number of benzene rings is 2. The number of Topliss-reactive ketones (excluding diaryl/α,β-unsaturated/α-hetero) is 1. The number of hydrogen-bond acceptors (Lipinski definition) is 6. The Bertz CT molecular complexity index is 973. The molecule has 1 N–H and O–H groups in total. The largest absolute Gasteiger partial charge is 0.491 e. The first-order valence-corrected chi connectivity index (χ1v) is 11.1. The molecular weight excluding hydrogens is 411 g/mol. The van der Waals surface area contributed by atoms with Gasteiger partial charge in [0.25, 0.3) is 0 Å². The fourth-order valence-electron chi connectivity index (χ4n) is 3.27. The molecule has 162 valence electrons. The van der Waals surface area contributed by atoms with E-state index in [2.05, 4.69) is 0 Å². The number of ether oxygens (including phenoxy) is 1. The number of β-amino-alcohol motifs (C(OH)–C–C–N with tert-alkyl or cyclic N) is 1. The van der Waals surface area contributed by atoms with Gasteiger partial charge in [0.15, 0.2) is 5.78 Å². The summed E-state index contributed by atoms with van der Waals surface area (Å²) in [6, 6.07) is 12.0. The van der Waals surface area contributed by atoms with Crippen LogP contribution in [-0.4, -0.2) is 73.9 Å². The minimum Gasteiger partial charge on any atom is -0.491 e. The smallest absolute Gasteiger partial charge is 0.246 e. The number of sulfonamides is 1. The number of ketones is 1. The molecule has 0 bridgehead atoms. The Kier molecular flexibility index (Phi) is 7.19. The first-order chi connectivity index (χ1) is 14.3. The molecule has 7 nitrogen and oxygen atoms in total. The van der Waals surface area contributed by atoms with Crippen LogP contribution < -0.4 is 4.74 Å². The molecule has 9 heteroatoms. The number of nitrogens with zero attached hydrogens (tertiary/aromatic N) is 2. The standard InChI is InChI=1S/C21H25FN2O5S/c1-16(25)17-6-8-19(9-7-17)29-15-18(26)14-23-10-12-24(13-11-23)30(27,28)21-5-3-2-4-20(21)22/h2-9,18,26H,10-15H2,1H3. The van der Waals surface area contributed by atoms with Crippen LogP contribution in [0.15, 0.2) is 53.4 Å². The van der Waals surface area contributed by atoms with Crippen LogP contribution >= 0.6 is 0 Å². The number of carbonyl (C=O) groups excluding carboxylic acids is 1. The molecule has 1 aliphatic rings.